The van der Waals surface area contributed by atoms with Crippen LogP contribution in [0.5, 0.6) is 11.5 Å². The smallest absolute Gasteiger partial charge is 0.293 e. The van der Waals surface area contributed by atoms with E-state index in [2.05, 4.69) is 5.32 Å². The molecule has 1 N–H and O–H groups in total. The van der Waals surface area contributed by atoms with Gasteiger partial charge in [-0.25, -0.2) is 0 Å². The summed E-state index contributed by atoms with van der Waals surface area (Å²) in [5.74, 6) is 1.39. The maximum absolute atomic E-state index is 11.2. The van der Waals surface area contributed by atoms with E-state index in [-0.39, 0.29) is 11.3 Å². The van der Waals surface area contributed by atoms with Crippen molar-refractivity contribution in [3.8, 4) is 17.6 Å². The molecule has 1 aliphatic heterocycles. The lowest BCUT2D eigenvalue weighted by atomic mass is 10.1. The summed E-state index contributed by atoms with van der Waals surface area (Å²) in [7, 11) is 0. The molecule has 0 bridgehead atoms. The summed E-state index contributed by atoms with van der Waals surface area (Å²) in [5.41, 5.74) is 1.41. The van der Waals surface area contributed by atoms with Crippen LogP contribution in [0.15, 0.2) is 36.4 Å². The molecule has 0 radical (unpaired) electrons. The van der Waals surface area contributed by atoms with Gasteiger partial charge in [-0.2, -0.15) is 5.26 Å². The molecular weight excluding hydrogens is 310 g/mol. The zero-order chi connectivity index (χ0) is 16.9. The summed E-state index contributed by atoms with van der Waals surface area (Å²) in [4.78, 5) is 10.6. The Morgan fingerprint density at radius 2 is 1.96 bits per heavy atom. The van der Waals surface area contributed by atoms with Gasteiger partial charge in [0, 0.05) is 19.0 Å². The van der Waals surface area contributed by atoms with Crippen LogP contribution in [0, 0.1) is 21.4 Å². The van der Waals surface area contributed by atoms with Crippen molar-refractivity contribution in [2.45, 2.75) is 13.0 Å². The topological polar surface area (TPSA) is 97.4 Å². The number of fused-ring (bicyclic) bond motifs is 1. The summed E-state index contributed by atoms with van der Waals surface area (Å²) >= 11 is 0. The van der Waals surface area contributed by atoms with E-state index in [0.29, 0.717) is 36.9 Å². The van der Waals surface area contributed by atoms with Crippen LogP contribution < -0.4 is 14.8 Å². The first kappa shape index (κ1) is 15.6. The molecule has 0 fully saturated rings. The molecule has 0 spiro atoms. The first-order valence-electron chi connectivity index (χ1n) is 7.48. The van der Waals surface area contributed by atoms with Crippen LogP contribution in [0.1, 0.15) is 17.5 Å². The average molecular weight is 325 g/mol. The molecule has 2 aromatic rings. The van der Waals surface area contributed by atoms with Crippen LogP contribution in [0.4, 0.5) is 11.4 Å². The van der Waals surface area contributed by atoms with Crippen molar-refractivity contribution in [2.24, 2.45) is 0 Å². The second-order valence-corrected chi connectivity index (χ2v) is 5.29. The minimum absolute atomic E-state index is 0.122. The first-order chi connectivity index (χ1) is 11.7. The SMILES string of the molecule is N#Cc1ccc(NCc2ccc3c(c2)OCCCO3)c([N+](=O)[O-])c1. The molecule has 0 amide bonds. The third kappa shape index (κ3) is 3.38. The van der Waals surface area contributed by atoms with Crippen LogP contribution in [0.25, 0.3) is 0 Å². The van der Waals surface area contributed by atoms with E-state index < -0.39 is 4.92 Å². The van der Waals surface area contributed by atoms with E-state index >= 15 is 0 Å². The van der Waals surface area contributed by atoms with Crippen molar-refractivity contribution in [1.82, 2.24) is 0 Å². The number of nitro groups is 1. The highest BCUT2D eigenvalue weighted by atomic mass is 16.6. The van der Waals surface area contributed by atoms with Crippen LogP contribution in [-0.2, 0) is 6.54 Å². The molecule has 0 aromatic heterocycles. The molecule has 122 valence electrons. The largest absolute Gasteiger partial charge is 0.490 e. The van der Waals surface area contributed by atoms with Gasteiger partial charge in [0.15, 0.2) is 11.5 Å². The molecule has 2 aromatic carbocycles. The predicted molar refractivity (Wildman–Crippen MR) is 87.2 cm³/mol. The number of benzene rings is 2. The third-order valence-electron chi connectivity index (χ3n) is 3.62. The zero-order valence-electron chi connectivity index (χ0n) is 12.8. The fourth-order valence-corrected chi connectivity index (χ4v) is 2.42. The van der Waals surface area contributed by atoms with E-state index in [1.54, 1.807) is 12.1 Å². The number of nitro benzene ring substituents is 1. The van der Waals surface area contributed by atoms with Crippen LogP contribution in [0.2, 0.25) is 0 Å². The number of nitrogens with zero attached hydrogens (tertiary/aromatic N) is 2. The molecule has 0 atom stereocenters. The Hall–Kier alpha value is -3.27. The number of ether oxygens (including phenoxy) is 2. The zero-order valence-corrected chi connectivity index (χ0v) is 12.8. The number of nitriles is 1. The lowest BCUT2D eigenvalue weighted by molar-refractivity contribution is -0.384. The van der Waals surface area contributed by atoms with Gasteiger partial charge in [0.1, 0.15) is 5.69 Å². The second-order valence-electron chi connectivity index (χ2n) is 5.29. The van der Waals surface area contributed by atoms with E-state index in [4.69, 9.17) is 14.7 Å². The van der Waals surface area contributed by atoms with Crippen molar-refractivity contribution in [3.63, 3.8) is 0 Å². The van der Waals surface area contributed by atoms with Gasteiger partial charge in [0.2, 0.25) is 0 Å². The Labute approximate surface area is 138 Å². The molecule has 7 heteroatoms. The normalized spacial score (nSPS) is 12.8. The Kier molecular flexibility index (Phi) is 4.47. The molecule has 1 aliphatic rings. The lowest BCUT2D eigenvalue weighted by Crippen LogP contribution is -2.03. The third-order valence-corrected chi connectivity index (χ3v) is 3.62. The van der Waals surface area contributed by atoms with Gasteiger partial charge in [-0.05, 0) is 29.8 Å². The molecular formula is C17H15N3O4. The van der Waals surface area contributed by atoms with E-state index in [0.717, 1.165) is 12.0 Å². The van der Waals surface area contributed by atoms with Crippen molar-refractivity contribution < 1.29 is 14.4 Å². The van der Waals surface area contributed by atoms with Gasteiger partial charge in [0.25, 0.3) is 5.69 Å². The van der Waals surface area contributed by atoms with Crippen molar-refractivity contribution >= 4 is 11.4 Å². The van der Waals surface area contributed by atoms with Gasteiger partial charge in [-0.3, -0.25) is 10.1 Å². The molecule has 7 nitrogen and oxygen atoms in total. The summed E-state index contributed by atoms with van der Waals surface area (Å²) < 4.78 is 11.2. The summed E-state index contributed by atoms with van der Waals surface area (Å²) in [5, 5.41) is 23.0. The van der Waals surface area contributed by atoms with Gasteiger partial charge >= 0.3 is 0 Å². The summed E-state index contributed by atoms with van der Waals surface area (Å²) in [6.45, 7) is 1.62. The minimum atomic E-state index is -0.503. The number of anilines is 1. The fraction of sp³-hybridized carbons (Fsp3) is 0.235. The highest BCUT2D eigenvalue weighted by Crippen LogP contribution is 2.31. The number of nitrogens with one attached hydrogen (secondary N) is 1. The van der Waals surface area contributed by atoms with Gasteiger partial charge < -0.3 is 14.8 Å². The Morgan fingerprint density at radius 3 is 2.71 bits per heavy atom. The fourth-order valence-electron chi connectivity index (χ4n) is 2.42. The van der Waals surface area contributed by atoms with Crippen molar-refractivity contribution in [2.75, 3.05) is 18.5 Å². The molecule has 1 heterocycles. The van der Waals surface area contributed by atoms with Crippen LogP contribution in [-0.4, -0.2) is 18.1 Å². The molecule has 0 unspecified atom stereocenters. The monoisotopic (exact) mass is 325 g/mol. The maximum Gasteiger partial charge on any atom is 0.293 e. The van der Waals surface area contributed by atoms with E-state index in [1.807, 2.05) is 24.3 Å². The highest BCUT2D eigenvalue weighted by Gasteiger charge is 2.15. The predicted octanol–water partition coefficient (Wildman–Crippen LogP) is 3.24. The molecule has 0 saturated heterocycles. The van der Waals surface area contributed by atoms with Crippen LogP contribution >= 0.6 is 0 Å². The first-order valence-corrected chi connectivity index (χ1v) is 7.48. The number of rotatable bonds is 4. The van der Waals surface area contributed by atoms with E-state index in [1.165, 1.54) is 6.07 Å². The maximum atomic E-state index is 11.2. The summed E-state index contributed by atoms with van der Waals surface area (Å²) in [6.07, 6.45) is 0.833. The van der Waals surface area contributed by atoms with Crippen LogP contribution in [0.3, 0.4) is 0 Å². The number of hydrogen-bond acceptors (Lipinski definition) is 6. The van der Waals surface area contributed by atoms with Gasteiger partial charge in [-0.15, -0.1) is 0 Å². The lowest BCUT2D eigenvalue weighted by Gasteiger charge is -2.11. The van der Waals surface area contributed by atoms with Gasteiger partial charge in [-0.1, -0.05) is 6.07 Å². The Morgan fingerprint density at radius 1 is 1.17 bits per heavy atom. The highest BCUT2D eigenvalue weighted by molar-refractivity contribution is 5.64. The summed E-state index contributed by atoms with van der Waals surface area (Å²) in [6, 6.07) is 11.8. The van der Waals surface area contributed by atoms with E-state index in [9.17, 15) is 10.1 Å². The van der Waals surface area contributed by atoms with Gasteiger partial charge in [0.05, 0.1) is 29.8 Å². The minimum Gasteiger partial charge on any atom is -0.490 e. The quantitative estimate of drug-likeness (QED) is 0.684. The van der Waals surface area contributed by atoms with Crippen molar-refractivity contribution in [1.29, 1.82) is 5.26 Å². The average Bonchev–Trinajstić information content (AvgIpc) is 2.84. The molecule has 3 rings (SSSR count). The molecule has 24 heavy (non-hydrogen) atoms. The van der Waals surface area contributed by atoms with Crippen molar-refractivity contribution in [3.05, 3.63) is 57.6 Å². The standard InChI is InChI=1S/C17H15N3O4/c18-10-12-2-4-14(15(8-12)20(21)22)19-11-13-3-5-16-17(9-13)24-7-1-6-23-16/h2-5,8-9,19H,1,6-7,11H2. The molecule has 0 aliphatic carbocycles. The number of hydrogen-bond donors (Lipinski definition) is 1. The Bertz CT molecular complexity index is 814. The second kappa shape index (κ2) is 6.87. The molecule has 0 saturated carbocycles. The Balaban J connectivity index is 1.78.